The smallest absolute Gasteiger partial charge is 0.335 e. The molecule has 2 N–H and O–H groups in total. The summed E-state index contributed by atoms with van der Waals surface area (Å²) in [6.45, 7) is 9.09. The van der Waals surface area contributed by atoms with Crippen LogP contribution >= 0.6 is 0 Å². The number of hydrogen-bond acceptors (Lipinski definition) is 5. The van der Waals surface area contributed by atoms with Crippen molar-refractivity contribution in [2.45, 2.75) is 78.2 Å². The van der Waals surface area contributed by atoms with E-state index in [1.807, 2.05) is 12.1 Å². The SMILES string of the molecule is CCCCc1oc2ccc(C(=O)O)cc2c1C(=O)c1ccc(CC(O)CN(CCCC)CCCC)cc1. The van der Waals surface area contributed by atoms with E-state index in [2.05, 4.69) is 25.7 Å². The topological polar surface area (TPSA) is 91.0 Å². The number of nitrogens with zero attached hydrogens (tertiary/aromatic N) is 1. The number of rotatable bonds is 16. The third-order valence-electron chi connectivity index (χ3n) is 6.80. The first-order valence-corrected chi connectivity index (χ1v) is 13.7. The summed E-state index contributed by atoms with van der Waals surface area (Å²) in [7, 11) is 0. The van der Waals surface area contributed by atoms with E-state index in [0.29, 0.717) is 47.2 Å². The highest BCUT2D eigenvalue weighted by molar-refractivity contribution is 6.17. The molecule has 0 spiro atoms. The molecule has 0 aliphatic carbocycles. The van der Waals surface area contributed by atoms with Crippen molar-refractivity contribution < 1.29 is 24.2 Å². The average molecular weight is 508 g/mol. The van der Waals surface area contributed by atoms with Crippen LogP contribution in [-0.4, -0.2) is 52.6 Å². The highest BCUT2D eigenvalue weighted by atomic mass is 16.4. The molecule has 3 rings (SSSR count). The number of carboxylic acid groups (broad SMARTS) is 1. The maximum Gasteiger partial charge on any atom is 0.335 e. The van der Waals surface area contributed by atoms with Crippen LogP contribution in [0.4, 0.5) is 0 Å². The Morgan fingerprint density at radius 1 is 0.892 bits per heavy atom. The van der Waals surface area contributed by atoms with Crippen LogP contribution in [0.2, 0.25) is 0 Å². The van der Waals surface area contributed by atoms with E-state index in [0.717, 1.165) is 57.2 Å². The molecule has 0 aliphatic rings. The lowest BCUT2D eigenvalue weighted by Crippen LogP contribution is -2.35. The van der Waals surface area contributed by atoms with Crippen LogP contribution in [0.1, 0.15) is 96.9 Å². The van der Waals surface area contributed by atoms with E-state index in [9.17, 15) is 19.8 Å². The number of aryl methyl sites for hydroxylation is 1. The zero-order chi connectivity index (χ0) is 26.8. The Labute approximate surface area is 220 Å². The molecule has 1 aromatic heterocycles. The number of carbonyl (C=O) groups excluding carboxylic acids is 1. The summed E-state index contributed by atoms with van der Waals surface area (Å²) in [5.41, 5.74) is 2.59. The molecule has 1 unspecified atom stereocenters. The van der Waals surface area contributed by atoms with Crippen LogP contribution in [0, 0.1) is 0 Å². The third kappa shape index (κ3) is 7.76. The van der Waals surface area contributed by atoms with Gasteiger partial charge >= 0.3 is 5.97 Å². The maximum atomic E-state index is 13.6. The molecule has 6 heteroatoms. The maximum absolute atomic E-state index is 13.6. The number of benzene rings is 2. The Morgan fingerprint density at radius 3 is 2.11 bits per heavy atom. The van der Waals surface area contributed by atoms with Gasteiger partial charge < -0.3 is 19.5 Å². The van der Waals surface area contributed by atoms with Crippen molar-refractivity contribution >= 4 is 22.7 Å². The van der Waals surface area contributed by atoms with Crippen molar-refractivity contribution in [3.63, 3.8) is 0 Å². The Morgan fingerprint density at radius 2 is 1.51 bits per heavy atom. The molecule has 0 amide bonds. The van der Waals surface area contributed by atoms with Gasteiger partial charge in [-0.05, 0) is 62.5 Å². The molecule has 0 fully saturated rings. The van der Waals surface area contributed by atoms with Crippen LogP contribution in [0.3, 0.4) is 0 Å². The van der Waals surface area contributed by atoms with Gasteiger partial charge in [-0.3, -0.25) is 4.79 Å². The second kappa shape index (κ2) is 14.1. The molecule has 2 aromatic carbocycles. The molecule has 37 heavy (non-hydrogen) atoms. The Bertz CT molecular complexity index is 1160. The lowest BCUT2D eigenvalue weighted by molar-refractivity contribution is 0.0696. The number of furan rings is 1. The fourth-order valence-corrected chi connectivity index (χ4v) is 4.67. The summed E-state index contributed by atoms with van der Waals surface area (Å²) in [6, 6.07) is 12.0. The lowest BCUT2D eigenvalue weighted by Gasteiger charge is -2.25. The third-order valence-corrected chi connectivity index (χ3v) is 6.80. The van der Waals surface area contributed by atoms with Crippen molar-refractivity contribution in [3.05, 3.63) is 70.5 Å². The van der Waals surface area contributed by atoms with E-state index in [1.54, 1.807) is 18.2 Å². The summed E-state index contributed by atoms with van der Waals surface area (Å²) in [5, 5.41) is 20.7. The zero-order valence-corrected chi connectivity index (χ0v) is 22.5. The van der Waals surface area contributed by atoms with Crippen molar-refractivity contribution in [1.82, 2.24) is 4.90 Å². The number of carbonyl (C=O) groups is 2. The summed E-state index contributed by atoms with van der Waals surface area (Å²) >= 11 is 0. The van der Waals surface area contributed by atoms with Gasteiger partial charge in [0.05, 0.1) is 17.2 Å². The molecule has 200 valence electrons. The van der Waals surface area contributed by atoms with Gasteiger partial charge in [-0.25, -0.2) is 4.79 Å². The predicted molar refractivity (Wildman–Crippen MR) is 148 cm³/mol. The monoisotopic (exact) mass is 507 g/mol. The van der Waals surface area contributed by atoms with E-state index < -0.39 is 12.1 Å². The molecular formula is C31H41NO5. The summed E-state index contributed by atoms with van der Waals surface area (Å²) in [6.07, 6.45) is 7.03. The number of aliphatic hydroxyl groups is 1. The molecule has 0 bridgehead atoms. The van der Waals surface area contributed by atoms with Crippen LogP contribution in [-0.2, 0) is 12.8 Å². The second-order valence-electron chi connectivity index (χ2n) is 9.91. The minimum absolute atomic E-state index is 0.126. The van der Waals surface area contributed by atoms with E-state index in [-0.39, 0.29) is 11.3 Å². The molecule has 0 radical (unpaired) electrons. The number of fused-ring (bicyclic) bond motifs is 1. The van der Waals surface area contributed by atoms with Crippen LogP contribution < -0.4 is 0 Å². The molecular weight excluding hydrogens is 466 g/mol. The van der Waals surface area contributed by atoms with Gasteiger partial charge in [-0.2, -0.15) is 0 Å². The summed E-state index contributed by atoms with van der Waals surface area (Å²) < 4.78 is 6.00. The standard InChI is InChI=1S/C31H41NO5/c1-4-7-10-28-29(26-20-24(31(35)36)15-16-27(26)37-28)30(34)23-13-11-22(12-14-23)19-25(33)21-32(17-8-5-2)18-9-6-3/h11-16,20,25,33H,4-10,17-19,21H2,1-3H3,(H,35,36). The highest BCUT2D eigenvalue weighted by Gasteiger charge is 2.23. The summed E-state index contributed by atoms with van der Waals surface area (Å²) in [4.78, 5) is 27.5. The largest absolute Gasteiger partial charge is 0.478 e. The normalized spacial score (nSPS) is 12.4. The molecule has 0 saturated heterocycles. The van der Waals surface area contributed by atoms with Gasteiger partial charge in [0.1, 0.15) is 11.3 Å². The average Bonchev–Trinajstić information content (AvgIpc) is 3.26. The van der Waals surface area contributed by atoms with Crippen molar-refractivity contribution in [3.8, 4) is 0 Å². The first-order chi connectivity index (χ1) is 17.9. The number of aromatic carboxylic acids is 1. The molecule has 1 heterocycles. The Kier molecular flexibility index (Phi) is 10.9. The van der Waals surface area contributed by atoms with Crippen molar-refractivity contribution in [2.24, 2.45) is 0 Å². The molecule has 0 aliphatic heterocycles. The number of aliphatic hydroxyl groups excluding tert-OH is 1. The van der Waals surface area contributed by atoms with Gasteiger partial charge in [-0.15, -0.1) is 0 Å². The molecule has 6 nitrogen and oxygen atoms in total. The number of ketones is 1. The predicted octanol–water partition coefficient (Wildman–Crippen LogP) is 6.51. The quantitative estimate of drug-likeness (QED) is 0.215. The highest BCUT2D eigenvalue weighted by Crippen LogP contribution is 2.30. The van der Waals surface area contributed by atoms with Gasteiger partial charge in [0.25, 0.3) is 0 Å². The van der Waals surface area contributed by atoms with Gasteiger partial charge in [0, 0.05) is 23.9 Å². The number of unbranched alkanes of at least 4 members (excludes halogenated alkanes) is 3. The van der Waals surface area contributed by atoms with Crippen molar-refractivity contribution in [1.29, 1.82) is 0 Å². The first kappa shape index (κ1) is 28.6. The van der Waals surface area contributed by atoms with E-state index >= 15 is 0 Å². The minimum Gasteiger partial charge on any atom is -0.478 e. The molecule has 3 aromatic rings. The Hall–Kier alpha value is -2.96. The minimum atomic E-state index is -1.04. The van der Waals surface area contributed by atoms with Crippen LogP contribution in [0.5, 0.6) is 0 Å². The number of carboxylic acids is 1. The summed E-state index contributed by atoms with van der Waals surface area (Å²) in [5.74, 6) is -0.615. The molecule has 0 saturated carbocycles. The lowest BCUT2D eigenvalue weighted by atomic mass is 9.96. The molecule has 1 atom stereocenters. The zero-order valence-electron chi connectivity index (χ0n) is 22.5. The van der Waals surface area contributed by atoms with E-state index in [4.69, 9.17) is 4.42 Å². The van der Waals surface area contributed by atoms with Gasteiger partial charge in [-0.1, -0.05) is 64.3 Å². The van der Waals surface area contributed by atoms with Crippen molar-refractivity contribution in [2.75, 3.05) is 19.6 Å². The Balaban J connectivity index is 1.78. The fraction of sp³-hybridized carbons (Fsp3) is 0.484. The number of hydrogen-bond donors (Lipinski definition) is 2. The van der Waals surface area contributed by atoms with Gasteiger partial charge in [0.2, 0.25) is 0 Å². The van der Waals surface area contributed by atoms with Crippen LogP contribution in [0.25, 0.3) is 11.0 Å². The van der Waals surface area contributed by atoms with Gasteiger partial charge in [0.15, 0.2) is 5.78 Å². The second-order valence-corrected chi connectivity index (χ2v) is 9.91. The van der Waals surface area contributed by atoms with Crippen LogP contribution in [0.15, 0.2) is 46.9 Å². The first-order valence-electron chi connectivity index (χ1n) is 13.7. The fourth-order valence-electron chi connectivity index (χ4n) is 4.67. The van der Waals surface area contributed by atoms with E-state index in [1.165, 1.54) is 12.1 Å².